The number of nitrogens with one attached hydrogen (secondary N) is 2. The summed E-state index contributed by atoms with van der Waals surface area (Å²) >= 11 is 0. The number of rotatable bonds is 8. The number of amides is 2. The van der Waals surface area contributed by atoms with Gasteiger partial charge in [-0.25, -0.2) is 5.48 Å². The zero-order chi connectivity index (χ0) is 12.4. The van der Waals surface area contributed by atoms with E-state index in [2.05, 4.69) is 10.8 Å². The van der Waals surface area contributed by atoms with E-state index in [-0.39, 0.29) is 11.8 Å². The quantitative estimate of drug-likeness (QED) is 0.347. The molecule has 0 spiro atoms. The Morgan fingerprint density at radius 2 is 1.94 bits per heavy atom. The fourth-order valence-corrected chi connectivity index (χ4v) is 1.13. The van der Waals surface area contributed by atoms with Crippen molar-refractivity contribution in [1.82, 2.24) is 10.8 Å². The molecule has 0 aromatic rings. The van der Waals surface area contributed by atoms with Gasteiger partial charge in [-0.1, -0.05) is 0 Å². The van der Waals surface area contributed by atoms with E-state index in [1.165, 1.54) is 13.8 Å². The molecule has 0 heterocycles. The molecule has 0 aliphatic heterocycles. The fourth-order valence-electron chi connectivity index (χ4n) is 1.13. The van der Waals surface area contributed by atoms with Gasteiger partial charge in [-0.3, -0.25) is 14.4 Å². The van der Waals surface area contributed by atoms with E-state index < -0.39 is 6.04 Å². The van der Waals surface area contributed by atoms with Gasteiger partial charge < -0.3 is 10.1 Å². The highest BCUT2D eigenvalue weighted by molar-refractivity contribution is 5.77. The first kappa shape index (κ1) is 14.6. The predicted molar refractivity (Wildman–Crippen MR) is 57.3 cm³/mol. The minimum absolute atomic E-state index is 0.216. The molecule has 0 aliphatic carbocycles. The fraction of sp³-hybridized carbons (Fsp3) is 0.700. The van der Waals surface area contributed by atoms with Crippen LogP contribution in [0, 0.1) is 0 Å². The Balaban J connectivity index is 3.44. The standard InChI is InChI=1S/C10H18N2O4/c1-8(14)11-10(7-13)5-3-4-6-16-12-9(2)15/h7,10H,3-6H2,1-2H3,(H,11,14)(H,12,15)/t10-/m1/s1. The zero-order valence-electron chi connectivity index (χ0n) is 9.62. The maximum absolute atomic E-state index is 10.7. The van der Waals surface area contributed by atoms with Crippen molar-refractivity contribution in [2.45, 2.75) is 39.2 Å². The molecule has 0 aromatic heterocycles. The molecular formula is C10H18N2O4. The molecular weight excluding hydrogens is 212 g/mol. The van der Waals surface area contributed by atoms with Crippen molar-refractivity contribution in [2.75, 3.05) is 6.61 Å². The van der Waals surface area contributed by atoms with Crippen LogP contribution in [0.1, 0.15) is 33.1 Å². The van der Waals surface area contributed by atoms with Crippen molar-refractivity contribution >= 4 is 18.1 Å². The average Bonchev–Trinajstić information content (AvgIpc) is 2.20. The van der Waals surface area contributed by atoms with Crippen LogP contribution in [0.3, 0.4) is 0 Å². The molecule has 0 fully saturated rings. The maximum atomic E-state index is 10.7. The molecule has 0 aliphatic rings. The van der Waals surface area contributed by atoms with E-state index in [0.717, 1.165) is 12.7 Å². The summed E-state index contributed by atoms with van der Waals surface area (Å²) < 4.78 is 0. The van der Waals surface area contributed by atoms with E-state index in [0.29, 0.717) is 19.4 Å². The molecule has 2 N–H and O–H groups in total. The van der Waals surface area contributed by atoms with Gasteiger partial charge in [0.1, 0.15) is 6.29 Å². The van der Waals surface area contributed by atoms with E-state index in [4.69, 9.17) is 4.84 Å². The molecule has 0 saturated heterocycles. The topological polar surface area (TPSA) is 84.5 Å². The third-order valence-corrected chi connectivity index (χ3v) is 1.78. The monoisotopic (exact) mass is 230 g/mol. The summed E-state index contributed by atoms with van der Waals surface area (Å²) in [6.07, 6.45) is 2.75. The second-order valence-corrected chi connectivity index (χ2v) is 3.45. The van der Waals surface area contributed by atoms with Gasteiger partial charge in [-0.2, -0.15) is 0 Å². The van der Waals surface area contributed by atoms with E-state index in [9.17, 15) is 14.4 Å². The number of hydroxylamine groups is 1. The first-order valence-electron chi connectivity index (χ1n) is 5.17. The molecule has 92 valence electrons. The van der Waals surface area contributed by atoms with Gasteiger partial charge in [0.25, 0.3) is 0 Å². The van der Waals surface area contributed by atoms with Crippen LogP contribution in [0.5, 0.6) is 0 Å². The first-order valence-corrected chi connectivity index (χ1v) is 5.17. The summed E-state index contributed by atoms with van der Waals surface area (Å²) in [6, 6.07) is -0.432. The van der Waals surface area contributed by atoms with Gasteiger partial charge in [0.2, 0.25) is 11.8 Å². The SMILES string of the molecule is CC(=O)NOCCCC[C@H](C=O)NC(C)=O. The lowest BCUT2D eigenvalue weighted by Crippen LogP contribution is -2.34. The van der Waals surface area contributed by atoms with Crippen molar-refractivity contribution in [2.24, 2.45) is 0 Å². The van der Waals surface area contributed by atoms with Gasteiger partial charge >= 0.3 is 0 Å². The number of carbonyl (C=O) groups excluding carboxylic acids is 3. The number of unbranched alkanes of at least 4 members (excludes halogenated alkanes) is 1. The van der Waals surface area contributed by atoms with Crippen LogP contribution in [0.4, 0.5) is 0 Å². The number of hydrogen-bond donors (Lipinski definition) is 2. The molecule has 0 bridgehead atoms. The lowest BCUT2D eigenvalue weighted by molar-refractivity contribution is -0.131. The summed E-state index contributed by atoms with van der Waals surface area (Å²) in [5.74, 6) is -0.462. The first-order chi connectivity index (χ1) is 7.56. The van der Waals surface area contributed by atoms with Crippen molar-refractivity contribution in [1.29, 1.82) is 0 Å². The summed E-state index contributed by atoms with van der Waals surface area (Å²) in [5.41, 5.74) is 2.20. The molecule has 0 unspecified atom stereocenters. The molecule has 0 rings (SSSR count). The molecule has 0 radical (unpaired) electrons. The summed E-state index contributed by atoms with van der Waals surface area (Å²) in [7, 11) is 0. The largest absolute Gasteiger partial charge is 0.347 e. The highest BCUT2D eigenvalue weighted by Gasteiger charge is 2.07. The molecule has 6 nitrogen and oxygen atoms in total. The lowest BCUT2D eigenvalue weighted by atomic mass is 10.1. The van der Waals surface area contributed by atoms with Crippen LogP contribution < -0.4 is 10.8 Å². The summed E-state index contributed by atoms with van der Waals surface area (Å²) in [5, 5.41) is 2.52. The van der Waals surface area contributed by atoms with Crippen molar-refractivity contribution in [3.63, 3.8) is 0 Å². The number of aldehydes is 1. The van der Waals surface area contributed by atoms with E-state index in [1.807, 2.05) is 0 Å². The second kappa shape index (κ2) is 8.84. The number of carbonyl (C=O) groups is 3. The maximum Gasteiger partial charge on any atom is 0.240 e. The molecule has 0 saturated carbocycles. The van der Waals surface area contributed by atoms with Gasteiger partial charge in [-0.15, -0.1) is 0 Å². The molecule has 2 amide bonds. The normalized spacial score (nSPS) is 11.6. The minimum Gasteiger partial charge on any atom is -0.347 e. The van der Waals surface area contributed by atoms with E-state index >= 15 is 0 Å². The van der Waals surface area contributed by atoms with Gasteiger partial charge in [0, 0.05) is 13.8 Å². The van der Waals surface area contributed by atoms with Crippen molar-refractivity contribution < 1.29 is 19.2 Å². The zero-order valence-corrected chi connectivity index (χ0v) is 9.62. The third kappa shape index (κ3) is 9.14. The van der Waals surface area contributed by atoms with Gasteiger partial charge in [-0.05, 0) is 19.3 Å². The van der Waals surface area contributed by atoms with Crippen molar-refractivity contribution in [3.8, 4) is 0 Å². The predicted octanol–water partition coefficient (Wildman–Crippen LogP) is -0.0720. The molecule has 6 heteroatoms. The van der Waals surface area contributed by atoms with E-state index in [1.54, 1.807) is 0 Å². The minimum atomic E-state index is -0.432. The highest BCUT2D eigenvalue weighted by Crippen LogP contribution is 1.99. The number of hydrogen-bond acceptors (Lipinski definition) is 4. The van der Waals surface area contributed by atoms with Crippen LogP contribution in [0.15, 0.2) is 0 Å². The Morgan fingerprint density at radius 1 is 1.25 bits per heavy atom. The van der Waals surface area contributed by atoms with Crippen LogP contribution >= 0.6 is 0 Å². The Bertz CT molecular complexity index is 243. The smallest absolute Gasteiger partial charge is 0.240 e. The van der Waals surface area contributed by atoms with Gasteiger partial charge in [0.15, 0.2) is 0 Å². The Labute approximate surface area is 94.7 Å². The van der Waals surface area contributed by atoms with Crippen LogP contribution in [-0.4, -0.2) is 30.7 Å². The Kier molecular flexibility index (Phi) is 8.05. The molecule has 16 heavy (non-hydrogen) atoms. The van der Waals surface area contributed by atoms with Crippen LogP contribution in [0.25, 0.3) is 0 Å². The van der Waals surface area contributed by atoms with Crippen molar-refractivity contribution in [3.05, 3.63) is 0 Å². The third-order valence-electron chi connectivity index (χ3n) is 1.78. The highest BCUT2D eigenvalue weighted by atomic mass is 16.6. The Morgan fingerprint density at radius 3 is 2.44 bits per heavy atom. The summed E-state index contributed by atoms with van der Waals surface area (Å²) in [4.78, 5) is 36.5. The Hall–Kier alpha value is -1.43. The molecule has 1 atom stereocenters. The lowest BCUT2D eigenvalue weighted by Gasteiger charge is -2.10. The summed E-state index contributed by atoms with van der Waals surface area (Å²) in [6.45, 7) is 3.13. The van der Waals surface area contributed by atoms with Crippen LogP contribution in [0.2, 0.25) is 0 Å². The van der Waals surface area contributed by atoms with Crippen LogP contribution in [-0.2, 0) is 19.2 Å². The molecule has 0 aromatic carbocycles. The average molecular weight is 230 g/mol. The second-order valence-electron chi connectivity index (χ2n) is 3.45. The van der Waals surface area contributed by atoms with Gasteiger partial charge in [0.05, 0.1) is 12.6 Å².